The molecule has 0 aliphatic rings. The van der Waals surface area contributed by atoms with Crippen LogP contribution in [0.2, 0.25) is 0 Å². The third-order valence-corrected chi connectivity index (χ3v) is 3.46. The molecule has 0 saturated carbocycles. The van der Waals surface area contributed by atoms with Crippen LogP contribution in [0.1, 0.15) is 29.5 Å². The molecule has 0 spiro atoms. The van der Waals surface area contributed by atoms with Gasteiger partial charge in [-0.25, -0.2) is 9.50 Å². The first kappa shape index (κ1) is 15.0. The number of amides is 1. The third-order valence-electron chi connectivity index (χ3n) is 3.46. The van der Waals surface area contributed by atoms with Crippen LogP contribution in [0.5, 0.6) is 5.75 Å². The highest BCUT2D eigenvalue weighted by molar-refractivity contribution is 6.06. The fraction of sp³-hybridized carbons (Fsp3) is 0.235. The second kappa shape index (κ2) is 6.48. The first-order valence-corrected chi connectivity index (χ1v) is 7.51. The van der Waals surface area contributed by atoms with Gasteiger partial charge in [0.25, 0.3) is 5.91 Å². The normalized spacial score (nSPS) is 10.7. The van der Waals surface area contributed by atoms with Crippen molar-refractivity contribution in [3.05, 3.63) is 54.0 Å². The fourth-order valence-corrected chi connectivity index (χ4v) is 2.36. The predicted molar refractivity (Wildman–Crippen MR) is 87.9 cm³/mol. The molecule has 0 unspecified atom stereocenters. The van der Waals surface area contributed by atoms with E-state index in [4.69, 9.17) is 4.74 Å². The zero-order chi connectivity index (χ0) is 16.2. The van der Waals surface area contributed by atoms with Gasteiger partial charge >= 0.3 is 0 Å². The van der Waals surface area contributed by atoms with Gasteiger partial charge in [-0.05, 0) is 30.7 Å². The number of pyridine rings is 1. The number of fused-ring (bicyclic) bond motifs is 1. The lowest BCUT2D eigenvalue weighted by molar-refractivity contribution is 0.102. The molecule has 0 bridgehead atoms. The van der Waals surface area contributed by atoms with Crippen LogP contribution in [0, 0.1) is 0 Å². The van der Waals surface area contributed by atoms with E-state index < -0.39 is 0 Å². The molecule has 0 aliphatic heterocycles. The van der Waals surface area contributed by atoms with Gasteiger partial charge in [-0.2, -0.15) is 5.10 Å². The second-order valence-corrected chi connectivity index (χ2v) is 5.15. The first-order chi connectivity index (χ1) is 11.2. The van der Waals surface area contributed by atoms with Gasteiger partial charge in [0, 0.05) is 6.42 Å². The zero-order valence-corrected chi connectivity index (χ0v) is 13.1. The summed E-state index contributed by atoms with van der Waals surface area (Å²) in [5, 5.41) is 7.27. The summed E-state index contributed by atoms with van der Waals surface area (Å²) in [7, 11) is 1.54. The maximum absolute atomic E-state index is 12.4. The number of benzene rings is 1. The molecular formula is C17H18N4O2. The molecule has 1 amide bonds. The molecule has 0 saturated heterocycles. The van der Waals surface area contributed by atoms with Crippen LogP contribution in [-0.2, 0) is 6.42 Å². The van der Waals surface area contributed by atoms with E-state index in [1.54, 1.807) is 36.0 Å². The number of para-hydroxylation sites is 1. The number of hydrogen-bond acceptors (Lipinski definition) is 4. The van der Waals surface area contributed by atoms with Gasteiger partial charge in [-0.15, -0.1) is 0 Å². The number of carbonyl (C=O) groups is 1. The predicted octanol–water partition coefficient (Wildman–Crippen LogP) is 2.94. The second-order valence-electron chi connectivity index (χ2n) is 5.15. The summed E-state index contributed by atoms with van der Waals surface area (Å²) in [6.45, 7) is 2.09. The van der Waals surface area contributed by atoms with Crippen molar-refractivity contribution in [2.75, 3.05) is 12.4 Å². The van der Waals surface area contributed by atoms with Crippen molar-refractivity contribution in [1.29, 1.82) is 0 Å². The average Bonchev–Trinajstić information content (AvgIpc) is 2.96. The molecule has 3 rings (SSSR count). The number of nitrogens with zero attached hydrogens (tertiary/aromatic N) is 3. The van der Waals surface area contributed by atoms with Crippen LogP contribution in [0.15, 0.2) is 42.6 Å². The largest absolute Gasteiger partial charge is 0.496 e. The van der Waals surface area contributed by atoms with Crippen LogP contribution < -0.4 is 10.1 Å². The minimum Gasteiger partial charge on any atom is -0.496 e. The standard InChI is InChI=1S/C17H18N4O2/c1-3-6-15-19-16-10-9-12(11-21(16)20-15)18-17(22)13-7-4-5-8-14(13)23-2/h4-5,7-11H,3,6H2,1-2H3,(H,18,22). The number of aromatic nitrogens is 3. The fourth-order valence-electron chi connectivity index (χ4n) is 2.36. The Morgan fingerprint density at radius 2 is 2.09 bits per heavy atom. The van der Waals surface area contributed by atoms with Crippen molar-refractivity contribution < 1.29 is 9.53 Å². The lowest BCUT2D eigenvalue weighted by atomic mass is 10.2. The Bertz CT molecular complexity index is 841. The molecule has 118 valence electrons. The van der Waals surface area contributed by atoms with E-state index in [0.717, 1.165) is 24.3 Å². The molecule has 2 heterocycles. The molecule has 0 aliphatic carbocycles. The summed E-state index contributed by atoms with van der Waals surface area (Å²) in [4.78, 5) is 16.8. The Morgan fingerprint density at radius 1 is 1.26 bits per heavy atom. The number of nitrogens with one attached hydrogen (secondary N) is 1. The smallest absolute Gasteiger partial charge is 0.259 e. The Labute approximate surface area is 134 Å². The Kier molecular flexibility index (Phi) is 4.23. The summed E-state index contributed by atoms with van der Waals surface area (Å²) in [6.07, 6.45) is 3.59. The van der Waals surface area contributed by atoms with Gasteiger partial charge in [0.05, 0.1) is 24.6 Å². The van der Waals surface area contributed by atoms with Gasteiger partial charge < -0.3 is 10.1 Å². The molecular weight excluding hydrogens is 292 g/mol. The lowest BCUT2D eigenvalue weighted by Crippen LogP contribution is -2.13. The van der Waals surface area contributed by atoms with Gasteiger partial charge in [-0.1, -0.05) is 19.1 Å². The highest BCUT2D eigenvalue weighted by Crippen LogP contribution is 2.19. The van der Waals surface area contributed by atoms with Crippen LogP contribution in [0.4, 0.5) is 5.69 Å². The molecule has 0 fully saturated rings. The van der Waals surface area contributed by atoms with Crippen molar-refractivity contribution in [1.82, 2.24) is 14.6 Å². The van der Waals surface area contributed by atoms with Crippen LogP contribution >= 0.6 is 0 Å². The van der Waals surface area contributed by atoms with Gasteiger partial charge in [0.15, 0.2) is 11.5 Å². The van der Waals surface area contributed by atoms with Gasteiger partial charge in [0.2, 0.25) is 0 Å². The molecule has 2 aromatic heterocycles. The van der Waals surface area contributed by atoms with Crippen molar-refractivity contribution in [3.8, 4) is 5.75 Å². The lowest BCUT2D eigenvalue weighted by Gasteiger charge is -2.09. The van der Waals surface area contributed by atoms with E-state index in [-0.39, 0.29) is 5.91 Å². The number of ether oxygens (including phenoxy) is 1. The minimum atomic E-state index is -0.226. The van der Waals surface area contributed by atoms with Crippen molar-refractivity contribution in [3.63, 3.8) is 0 Å². The molecule has 3 aromatic rings. The van der Waals surface area contributed by atoms with Crippen LogP contribution in [0.3, 0.4) is 0 Å². The number of methoxy groups -OCH3 is 1. The summed E-state index contributed by atoms with van der Waals surface area (Å²) in [5.74, 6) is 1.12. The van der Waals surface area contributed by atoms with Crippen molar-refractivity contribution >= 4 is 17.2 Å². The highest BCUT2D eigenvalue weighted by atomic mass is 16.5. The topological polar surface area (TPSA) is 68.5 Å². The number of rotatable bonds is 5. The molecule has 0 radical (unpaired) electrons. The highest BCUT2D eigenvalue weighted by Gasteiger charge is 2.12. The number of aryl methyl sites for hydroxylation is 1. The Balaban J connectivity index is 1.84. The molecule has 0 atom stereocenters. The number of hydrogen-bond donors (Lipinski definition) is 1. The molecule has 1 N–H and O–H groups in total. The van der Waals surface area contributed by atoms with Crippen LogP contribution in [-0.4, -0.2) is 27.6 Å². The SMILES string of the molecule is CCCc1nc2ccc(NC(=O)c3ccccc3OC)cn2n1. The van der Waals surface area contributed by atoms with E-state index in [2.05, 4.69) is 22.3 Å². The minimum absolute atomic E-state index is 0.226. The van der Waals surface area contributed by atoms with E-state index in [9.17, 15) is 4.79 Å². The number of anilines is 1. The zero-order valence-electron chi connectivity index (χ0n) is 13.1. The first-order valence-electron chi connectivity index (χ1n) is 7.51. The third kappa shape index (κ3) is 3.15. The van der Waals surface area contributed by atoms with E-state index >= 15 is 0 Å². The molecule has 6 nitrogen and oxygen atoms in total. The molecule has 6 heteroatoms. The Morgan fingerprint density at radius 3 is 2.87 bits per heavy atom. The summed E-state index contributed by atoms with van der Waals surface area (Å²) >= 11 is 0. The average molecular weight is 310 g/mol. The quantitative estimate of drug-likeness (QED) is 0.786. The van der Waals surface area contributed by atoms with Crippen molar-refractivity contribution in [2.45, 2.75) is 19.8 Å². The van der Waals surface area contributed by atoms with Crippen LogP contribution in [0.25, 0.3) is 5.65 Å². The number of carbonyl (C=O) groups excluding carboxylic acids is 1. The summed E-state index contributed by atoms with van der Waals surface area (Å²) in [6, 6.07) is 10.8. The summed E-state index contributed by atoms with van der Waals surface area (Å²) < 4.78 is 6.90. The van der Waals surface area contributed by atoms with E-state index in [1.165, 1.54) is 0 Å². The summed E-state index contributed by atoms with van der Waals surface area (Å²) in [5.41, 5.74) is 1.91. The molecule has 23 heavy (non-hydrogen) atoms. The van der Waals surface area contributed by atoms with Gasteiger partial charge in [0.1, 0.15) is 5.75 Å². The van der Waals surface area contributed by atoms with E-state index in [0.29, 0.717) is 17.0 Å². The maximum atomic E-state index is 12.4. The maximum Gasteiger partial charge on any atom is 0.259 e. The van der Waals surface area contributed by atoms with E-state index in [1.807, 2.05) is 18.2 Å². The monoisotopic (exact) mass is 310 g/mol. The molecule has 1 aromatic carbocycles. The van der Waals surface area contributed by atoms with Gasteiger partial charge in [-0.3, -0.25) is 4.79 Å². The Hall–Kier alpha value is -2.89. The van der Waals surface area contributed by atoms with Crippen molar-refractivity contribution in [2.24, 2.45) is 0 Å².